The van der Waals surface area contributed by atoms with E-state index < -0.39 is 5.97 Å². The number of benzene rings is 2. The van der Waals surface area contributed by atoms with E-state index in [0.29, 0.717) is 31.2 Å². The van der Waals surface area contributed by atoms with Crippen molar-refractivity contribution in [2.45, 2.75) is 72.2 Å². The minimum atomic E-state index is -0.784. The average Bonchev–Trinajstić information content (AvgIpc) is 3.09. The standard InChI is InChI=1S/C27H34O4/c1-26(2)22-12-13-27(26,3)24(16-22)31-18-21-8-4-7-20(14-21)17-30-23-9-5-6-19(15-23)10-11-25(28)29/h4-9,14-15,22,24H,10-13,16-18H2,1-3H3,(H,28,29)/t22-,24+,27+/m0/s1. The molecule has 0 radical (unpaired) electrons. The van der Waals surface area contributed by atoms with Gasteiger partial charge in [-0.1, -0.05) is 57.2 Å². The Morgan fingerprint density at radius 1 is 1.03 bits per heavy atom. The van der Waals surface area contributed by atoms with Gasteiger partial charge in [0.15, 0.2) is 0 Å². The zero-order valence-corrected chi connectivity index (χ0v) is 18.9. The van der Waals surface area contributed by atoms with Gasteiger partial charge in [-0.2, -0.15) is 0 Å². The lowest BCUT2D eigenvalue weighted by Gasteiger charge is -2.39. The molecule has 0 unspecified atom stereocenters. The maximum absolute atomic E-state index is 10.8. The highest BCUT2D eigenvalue weighted by molar-refractivity contribution is 5.67. The van der Waals surface area contributed by atoms with Crippen molar-refractivity contribution in [1.82, 2.24) is 0 Å². The van der Waals surface area contributed by atoms with Crippen LogP contribution >= 0.6 is 0 Å². The second kappa shape index (κ2) is 8.66. The van der Waals surface area contributed by atoms with E-state index >= 15 is 0 Å². The van der Waals surface area contributed by atoms with Gasteiger partial charge >= 0.3 is 5.97 Å². The molecule has 0 saturated heterocycles. The molecule has 166 valence electrons. The lowest BCUT2D eigenvalue weighted by atomic mass is 9.70. The molecular formula is C27H34O4. The number of hydrogen-bond acceptors (Lipinski definition) is 3. The van der Waals surface area contributed by atoms with Gasteiger partial charge in [0.25, 0.3) is 0 Å². The zero-order valence-electron chi connectivity index (χ0n) is 18.9. The maximum Gasteiger partial charge on any atom is 0.303 e. The molecule has 2 fully saturated rings. The van der Waals surface area contributed by atoms with E-state index in [-0.39, 0.29) is 11.8 Å². The largest absolute Gasteiger partial charge is 0.489 e. The summed E-state index contributed by atoms with van der Waals surface area (Å²) in [6.07, 6.45) is 4.78. The van der Waals surface area contributed by atoms with E-state index in [4.69, 9.17) is 14.6 Å². The van der Waals surface area contributed by atoms with Gasteiger partial charge in [-0.05, 0) is 71.3 Å². The minimum absolute atomic E-state index is 0.128. The monoisotopic (exact) mass is 422 g/mol. The molecular weight excluding hydrogens is 388 g/mol. The molecule has 3 atom stereocenters. The van der Waals surface area contributed by atoms with Crippen molar-refractivity contribution in [3.05, 3.63) is 65.2 Å². The zero-order chi connectivity index (χ0) is 22.1. The number of aliphatic carboxylic acids is 1. The van der Waals surface area contributed by atoms with Crippen molar-refractivity contribution in [2.24, 2.45) is 16.7 Å². The van der Waals surface area contributed by atoms with Gasteiger partial charge < -0.3 is 14.6 Å². The van der Waals surface area contributed by atoms with Gasteiger partial charge in [0.1, 0.15) is 12.4 Å². The van der Waals surface area contributed by atoms with Crippen LogP contribution in [0.4, 0.5) is 0 Å². The fraction of sp³-hybridized carbons (Fsp3) is 0.519. The van der Waals surface area contributed by atoms with E-state index in [2.05, 4.69) is 45.0 Å². The number of hydrogen-bond donors (Lipinski definition) is 1. The van der Waals surface area contributed by atoms with Crippen LogP contribution in [0.5, 0.6) is 5.75 Å². The van der Waals surface area contributed by atoms with Gasteiger partial charge in [0.05, 0.1) is 12.7 Å². The lowest BCUT2D eigenvalue weighted by Crippen LogP contribution is -2.37. The Bertz CT molecular complexity index is 934. The highest BCUT2D eigenvalue weighted by Gasteiger charge is 2.61. The predicted molar refractivity (Wildman–Crippen MR) is 121 cm³/mol. The molecule has 4 nitrogen and oxygen atoms in total. The molecule has 2 aliphatic carbocycles. The second-order valence-corrected chi connectivity index (χ2v) is 10.1. The molecule has 2 bridgehead atoms. The number of aryl methyl sites for hydroxylation is 1. The first-order chi connectivity index (χ1) is 14.8. The number of fused-ring (bicyclic) bond motifs is 2. The van der Waals surface area contributed by atoms with Crippen LogP contribution in [-0.2, 0) is 29.2 Å². The number of carboxylic acid groups (broad SMARTS) is 1. The lowest BCUT2D eigenvalue weighted by molar-refractivity contribution is -0.136. The number of ether oxygens (including phenoxy) is 2. The quantitative estimate of drug-likeness (QED) is 0.537. The molecule has 2 aromatic rings. The Kier molecular flexibility index (Phi) is 6.11. The third kappa shape index (κ3) is 4.50. The summed E-state index contributed by atoms with van der Waals surface area (Å²) in [5, 5.41) is 8.86. The SMILES string of the molecule is CC1(C)[C@H]2CC[C@]1(C)[C@H](OCc1cccc(COc3cccc(CCC(=O)O)c3)c1)C2. The van der Waals surface area contributed by atoms with E-state index in [9.17, 15) is 4.79 Å². The van der Waals surface area contributed by atoms with Gasteiger partial charge in [-0.3, -0.25) is 4.79 Å². The Morgan fingerprint density at radius 2 is 1.74 bits per heavy atom. The Labute approximate surface area is 185 Å². The Balaban J connectivity index is 1.32. The molecule has 0 aromatic heterocycles. The van der Waals surface area contributed by atoms with Crippen LogP contribution in [0.15, 0.2) is 48.5 Å². The van der Waals surface area contributed by atoms with Crippen molar-refractivity contribution in [3.63, 3.8) is 0 Å². The van der Waals surface area contributed by atoms with Crippen molar-refractivity contribution in [2.75, 3.05) is 0 Å². The molecule has 4 rings (SSSR count). The summed E-state index contributed by atoms with van der Waals surface area (Å²) in [4.78, 5) is 10.8. The van der Waals surface area contributed by atoms with Crippen LogP contribution in [0.1, 0.15) is 63.1 Å². The van der Waals surface area contributed by atoms with Crippen molar-refractivity contribution >= 4 is 5.97 Å². The van der Waals surface area contributed by atoms with Crippen LogP contribution in [0.2, 0.25) is 0 Å². The van der Waals surface area contributed by atoms with Crippen LogP contribution in [-0.4, -0.2) is 17.2 Å². The summed E-state index contributed by atoms with van der Waals surface area (Å²) in [6.45, 7) is 8.37. The molecule has 2 aromatic carbocycles. The topological polar surface area (TPSA) is 55.8 Å². The van der Waals surface area contributed by atoms with Crippen LogP contribution in [0.25, 0.3) is 0 Å². The fourth-order valence-electron chi connectivity index (χ4n) is 5.60. The first-order valence-electron chi connectivity index (χ1n) is 11.4. The molecule has 0 heterocycles. The molecule has 1 N–H and O–H groups in total. The highest BCUT2D eigenvalue weighted by atomic mass is 16.5. The van der Waals surface area contributed by atoms with E-state index in [0.717, 1.165) is 22.8 Å². The molecule has 2 saturated carbocycles. The molecule has 2 aliphatic rings. The molecule has 0 spiro atoms. The van der Waals surface area contributed by atoms with Crippen LogP contribution < -0.4 is 4.74 Å². The van der Waals surface area contributed by atoms with Crippen molar-refractivity contribution in [1.29, 1.82) is 0 Å². The van der Waals surface area contributed by atoms with Gasteiger partial charge in [0, 0.05) is 6.42 Å². The summed E-state index contributed by atoms with van der Waals surface area (Å²) in [5.74, 6) is 0.767. The fourth-order valence-corrected chi connectivity index (χ4v) is 5.60. The molecule has 0 aliphatic heterocycles. The van der Waals surface area contributed by atoms with Gasteiger partial charge in [0.2, 0.25) is 0 Å². The average molecular weight is 423 g/mol. The summed E-state index contributed by atoms with van der Waals surface area (Å²) in [7, 11) is 0. The predicted octanol–water partition coefficient (Wildman–Crippen LogP) is 6.01. The van der Waals surface area contributed by atoms with E-state index in [1.54, 1.807) is 0 Å². The normalized spacial score (nSPS) is 26.2. The first-order valence-corrected chi connectivity index (χ1v) is 11.4. The van der Waals surface area contributed by atoms with Crippen molar-refractivity contribution in [3.8, 4) is 5.75 Å². The highest BCUT2D eigenvalue weighted by Crippen LogP contribution is 2.66. The Morgan fingerprint density at radius 3 is 2.42 bits per heavy atom. The third-order valence-electron chi connectivity index (χ3n) is 8.09. The first kappa shape index (κ1) is 21.9. The smallest absolute Gasteiger partial charge is 0.303 e. The minimum Gasteiger partial charge on any atom is -0.489 e. The molecule has 31 heavy (non-hydrogen) atoms. The summed E-state index contributed by atoms with van der Waals surface area (Å²) < 4.78 is 12.4. The van der Waals surface area contributed by atoms with Crippen LogP contribution in [0.3, 0.4) is 0 Å². The molecule has 0 amide bonds. The maximum atomic E-state index is 10.8. The van der Waals surface area contributed by atoms with E-state index in [1.165, 1.54) is 24.8 Å². The van der Waals surface area contributed by atoms with Gasteiger partial charge in [-0.25, -0.2) is 0 Å². The van der Waals surface area contributed by atoms with E-state index in [1.807, 2.05) is 24.3 Å². The second-order valence-electron chi connectivity index (χ2n) is 10.1. The summed E-state index contributed by atoms with van der Waals surface area (Å²) in [5.41, 5.74) is 3.91. The Hall–Kier alpha value is -2.33. The third-order valence-corrected chi connectivity index (χ3v) is 8.09. The summed E-state index contributed by atoms with van der Waals surface area (Å²) >= 11 is 0. The summed E-state index contributed by atoms with van der Waals surface area (Å²) in [6, 6.07) is 16.1. The number of carbonyl (C=O) groups is 1. The van der Waals surface area contributed by atoms with Gasteiger partial charge in [-0.15, -0.1) is 0 Å². The van der Waals surface area contributed by atoms with Crippen LogP contribution in [0, 0.1) is 16.7 Å². The molecule has 4 heteroatoms. The van der Waals surface area contributed by atoms with Crippen molar-refractivity contribution < 1.29 is 19.4 Å². The number of carboxylic acids is 1. The number of rotatable bonds is 9.